The van der Waals surface area contributed by atoms with Crippen LogP contribution in [-0.2, 0) is 14.8 Å². The minimum Gasteiger partial charge on any atom is -0.493 e. The second-order valence-corrected chi connectivity index (χ2v) is 11.0. The highest BCUT2D eigenvalue weighted by atomic mass is 32.2. The number of sulfonamides is 1. The van der Waals surface area contributed by atoms with Crippen molar-refractivity contribution in [1.29, 1.82) is 0 Å². The van der Waals surface area contributed by atoms with Gasteiger partial charge in [-0.05, 0) is 80.3 Å². The summed E-state index contributed by atoms with van der Waals surface area (Å²) in [6, 6.07) is 19.3. The van der Waals surface area contributed by atoms with Crippen LogP contribution >= 0.6 is 0 Å². The van der Waals surface area contributed by atoms with Crippen molar-refractivity contribution in [2.75, 3.05) is 17.5 Å². The zero-order chi connectivity index (χ0) is 26.3. The van der Waals surface area contributed by atoms with Gasteiger partial charge in [0, 0.05) is 0 Å². The zero-order valence-corrected chi connectivity index (χ0v) is 22.2. The van der Waals surface area contributed by atoms with E-state index >= 15 is 0 Å². The summed E-state index contributed by atoms with van der Waals surface area (Å²) in [7, 11) is -3.99. The predicted molar refractivity (Wildman–Crippen MR) is 144 cm³/mol. The number of aryl methyl sites for hydroxylation is 3. The van der Waals surface area contributed by atoms with Crippen LogP contribution < -0.4 is 14.5 Å². The first-order chi connectivity index (χ1) is 17.1. The highest BCUT2D eigenvalue weighted by molar-refractivity contribution is 7.92. The van der Waals surface area contributed by atoms with Gasteiger partial charge in [-0.15, -0.1) is 0 Å². The maximum atomic E-state index is 13.5. The van der Waals surface area contributed by atoms with Crippen LogP contribution in [0, 0.1) is 26.7 Å². The van der Waals surface area contributed by atoms with Gasteiger partial charge in [0.05, 0.1) is 23.4 Å². The number of hydrogen-bond donors (Lipinski definition) is 1. The van der Waals surface area contributed by atoms with Crippen molar-refractivity contribution in [3.8, 4) is 5.75 Å². The van der Waals surface area contributed by atoms with Crippen molar-refractivity contribution in [1.82, 2.24) is 5.43 Å². The number of hydrogen-bond acceptors (Lipinski definition) is 5. The van der Waals surface area contributed by atoms with Gasteiger partial charge in [0.15, 0.2) is 0 Å². The van der Waals surface area contributed by atoms with E-state index in [1.54, 1.807) is 30.3 Å². The van der Waals surface area contributed by atoms with Crippen molar-refractivity contribution in [2.45, 2.75) is 39.5 Å². The molecule has 0 radical (unpaired) electrons. The molecule has 36 heavy (non-hydrogen) atoms. The lowest BCUT2D eigenvalue weighted by Gasteiger charge is -2.25. The van der Waals surface area contributed by atoms with Gasteiger partial charge in [-0.2, -0.15) is 5.10 Å². The number of nitrogens with zero attached hydrogens (tertiary/aromatic N) is 2. The van der Waals surface area contributed by atoms with Gasteiger partial charge in [-0.25, -0.2) is 13.8 Å². The molecule has 0 unspecified atom stereocenters. The van der Waals surface area contributed by atoms with E-state index in [4.69, 9.17) is 4.74 Å². The minimum absolute atomic E-state index is 0.115. The number of anilines is 1. The molecular weight excluding hydrogens is 474 g/mol. The van der Waals surface area contributed by atoms with Gasteiger partial charge in [0.2, 0.25) is 0 Å². The third-order valence-electron chi connectivity index (χ3n) is 5.38. The summed E-state index contributed by atoms with van der Waals surface area (Å²) >= 11 is 0. The molecule has 0 saturated heterocycles. The number of benzene rings is 3. The van der Waals surface area contributed by atoms with E-state index in [2.05, 4.69) is 24.4 Å². The molecule has 0 heterocycles. The van der Waals surface area contributed by atoms with E-state index < -0.39 is 22.5 Å². The number of ether oxygens (including phenoxy) is 1. The Morgan fingerprint density at radius 2 is 1.61 bits per heavy atom. The SMILES string of the molecule is Cc1ccc(S(=O)(=O)N(CC(=O)N/N=C\c2ccc(OCC(C)C)cc2)c2ccc(C)cc2C)cc1. The third kappa shape index (κ3) is 7.18. The molecule has 0 aromatic heterocycles. The molecular formula is C28H33N3O4S. The second-order valence-electron chi connectivity index (χ2n) is 9.18. The zero-order valence-electron chi connectivity index (χ0n) is 21.4. The van der Waals surface area contributed by atoms with Gasteiger partial charge in [0.25, 0.3) is 15.9 Å². The lowest BCUT2D eigenvalue weighted by molar-refractivity contribution is -0.119. The number of carbonyl (C=O) groups excluding carboxylic acids is 1. The molecule has 0 bridgehead atoms. The summed E-state index contributed by atoms with van der Waals surface area (Å²) < 4.78 is 33.9. The fourth-order valence-electron chi connectivity index (χ4n) is 3.48. The largest absolute Gasteiger partial charge is 0.493 e. The summed E-state index contributed by atoms with van der Waals surface area (Å²) in [5, 5.41) is 4.01. The highest BCUT2D eigenvalue weighted by Crippen LogP contribution is 2.27. The maximum absolute atomic E-state index is 13.5. The normalized spacial score (nSPS) is 11.6. The standard InChI is InChI=1S/C28H33N3O4S/c1-20(2)19-35-25-11-9-24(10-12-25)17-29-30-28(32)18-31(27-15-8-22(4)16-23(27)5)36(33,34)26-13-6-21(3)7-14-26/h6-17,20H,18-19H2,1-5H3,(H,30,32)/b29-17-. The van der Waals surface area contributed by atoms with E-state index in [1.807, 2.05) is 57.2 Å². The summed E-state index contributed by atoms with van der Waals surface area (Å²) in [5.74, 6) is 0.633. The number of amides is 1. The Bertz CT molecular complexity index is 1320. The first kappa shape index (κ1) is 26.9. The Labute approximate surface area is 213 Å². The molecule has 7 nitrogen and oxygen atoms in total. The van der Waals surface area contributed by atoms with Crippen LogP contribution in [0.25, 0.3) is 0 Å². The van der Waals surface area contributed by atoms with Crippen molar-refractivity contribution < 1.29 is 17.9 Å². The average molecular weight is 508 g/mol. The van der Waals surface area contributed by atoms with Crippen molar-refractivity contribution in [3.05, 3.63) is 89.0 Å². The Hall–Kier alpha value is -3.65. The molecule has 0 atom stereocenters. The predicted octanol–water partition coefficient (Wildman–Crippen LogP) is 4.99. The second kappa shape index (κ2) is 11.9. The molecule has 0 aliphatic carbocycles. The molecule has 0 saturated carbocycles. The molecule has 8 heteroatoms. The van der Waals surface area contributed by atoms with Crippen LogP contribution in [-0.4, -0.2) is 33.7 Å². The fraction of sp³-hybridized carbons (Fsp3) is 0.286. The first-order valence-corrected chi connectivity index (χ1v) is 13.2. The van der Waals surface area contributed by atoms with E-state index in [-0.39, 0.29) is 4.90 Å². The van der Waals surface area contributed by atoms with Crippen LogP contribution in [0.15, 0.2) is 76.7 Å². The van der Waals surface area contributed by atoms with E-state index in [9.17, 15) is 13.2 Å². The Morgan fingerprint density at radius 3 is 2.22 bits per heavy atom. The maximum Gasteiger partial charge on any atom is 0.264 e. The number of carbonyl (C=O) groups is 1. The molecule has 3 aromatic carbocycles. The molecule has 0 aliphatic heterocycles. The molecule has 190 valence electrons. The van der Waals surface area contributed by atoms with Crippen LogP contribution in [0.3, 0.4) is 0 Å². The van der Waals surface area contributed by atoms with Gasteiger partial charge in [-0.1, -0.05) is 49.2 Å². The molecule has 0 spiro atoms. The third-order valence-corrected chi connectivity index (χ3v) is 7.16. The number of nitrogens with one attached hydrogen (secondary N) is 1. The highest BCUT2D eigenvalue weighted by Gasteiger charge is 2.28. The van der Waals surface area contributed by atoms with Crippen LogP contribution in [0.4, 0.5) is 5.69 Å². The van der Waals surface area contributed by atoms with E-state index in [0.29, 0.717) is 18.2 Å². The summed E-state index contributed by atoms with van der Waals surface area (Å²) in [6.45, 7) is 10.0. The Morgan fingerprint density at radius 1 is 0.972 bits per heavy atom. The molecule has 3 aromatic rings. The van der Waals surface area contributed by atoms with Gasteiger partial charge in [0.1, 0.15) is 12.3 Å². The monoisotopic (exact) mass is 507 g/mol. The van der Waals surface area contributed by atoms with E-state index in [0.717, 1.165) is 32.3 Å². The van der Waals surface area contributed by atoms with Crippen molar-refractivity contribution in [3.63, 3.8) is 0 Å². The lowest BCUT2D eigenvalue weighted by Crippen LogP contribution is -2.40. The number of rotatable bonds is 10. The van der Waals surface area contributed by atoms with E-state index in [1.165, 1.54) is 6.21 Å². The molecule has 0 aliphatic rings. The fourth-order valence-corrected chi connectivity index (χ4v) is 4.97. The van der Waals surface area contributed by atoms with Crippen LogP contribution in [0.5, 0.6) is 5.75 Å². The average Bonchev–Trinajstić information content (AvgIpc) is 2.82. The molecule has 1 amide bonds. The minimum atomic E-state index is -3.99. The summed E-state index contributed by atoms with van der Waals surface area (Å²) in [6.07, 6.45) is 1.50. The first-order valence-electron chi connectivity index (χ1n) is 11.8. The smallest absolute Gasteiger partial charge is 0.264 e. The lowest BCUT2D eigenvalue weighted by atomic mass is 10.1. The van der Waals surface area contributed by atoms with Crippen LogP contribution in [0.1, 0.15) is 36.1 Å². The van der Waals surface area contributed by atoms with Gasteiger partial charge in [-0.3, -0.25) is 9.10 Å². The molecule has 3 rings (SSSR count). The Balaban J connectivity index is 1.76. The summed E-state index contributed by atoms with van der Waals surface area (Å²) in [5.41, 5.74) is 6.35. The van der Waals surface area contributed by atoms with Crippen molar-refractivity contribution in [2.24, 2.45) is 11.0 Å². The van der Waals surface area contributed by atoms with Crippen molar-refractivity contribution >= 4 is 27.8 Å². The Kier molecular flexibility index (Phi) is 8.88. The van der Waals surface area contributed by atoms with Gasteiger partial charge < -0.3 is 4.74 Å². The number of hydrazone groups is 1. The summed E-state index contributed by atoms with van der Waals surface area (Å²) in [4.78, 5) is 12.9. The van der Waals surface area contributed by atoms with Gasteiger partial charge >= 0.3 is 0 Å². The molecule has 0 fully saturated rings. The molecule has 1 N–H and O–H groups in total. The van der Waals surface area contributed by atoms with Crippen LogP contribution in [0.2, 0.25) is 0 Å². The quantitative estimate of drug-likeness (QED) is 0.309. The topological polar surface area (TPSA) is 88.1 Å².